The van der Waals surface area contributed by atoms with E-state index < -0.39 is 10.0 Å². The molecule has 21 heavy (non-hydrogen) atoms. The third-order valence-corrected chi connectivity index (χ3v) is 7.25. The number of nitrogens with two attached hydrogens (primary N) is 1. The lowest BCUT2D eigenvalue weighted by Gasteiger charge is -2.23. The SMILES string of the molecule is Cc1c(C)c(C)c(S(=O)(=O)N2CCC(CN)C2)c(C)c1C. The van der Waals surface area contributed by atoms with Gasteiger partial charge in [-0.05, 0) is 81.3 Å². The molecule has 1 aliphatic heterocycles. The lowest BCUT2D eigenvalue weighted by molar-refractivity contribution is 0.458. The zero-order valence-electron chi connectivity index (χ0n) is 13.7. The predicted octanol–water partition coefficient (Wildman–Crippen LogP) is 2.20. The van der Waals surface area contributed by atoms with Crippen LogP contribution in [-0.4, -0.2) is 32.4 Å². The van der Waals surface area contributed by atoms with E-state index in [1.165, 1.54) is 5.56 Å². The third-order valence-electron chi connectivity index (χ3n) is 5.11. The molecule has 1 unspecified atom stereocenters. The minimum Gasteiger partial charge on any atom is -0.330 e. The van der Waals surface area contributed by atoms with Gasteiger partial charge in [0.2, 0.25) is 10.0 Å². The van der Waals surface area contributed by atoms with E-state index in [1.807, 2.05) is 27.7 Å². The van der Waals surface area contributed by atoms with Gasteiger partial charge in [0.05, 0.1) is 4.90 Å². The largest absolute Gasteiger partial charge is 0.330 e. The molecule has 1 atom stereocenters. The van der Waals surface area contributed by atoms with Gasteiger partial charge >= 0.3 is 0 Å². The number of nitrogens with zero attached hydrogens (tertiary/aromatic N) is 1. The van der Waals surface area contributed by atoms with Crippen molar-refractivity contribution in [3.63, 3.8) is 0 Å². The molecule has 0 saturated carbocycles. The molecule has 0 spiro atoms. The molecule has 1 aromatic carbocycles. The molecule has 5 heteroatoms. The topological polar surface area (TPSA) is 63.4 Å². The molecule has 2 rings (SSSR count). The summed E-state index contributed by atoms with van der Waals surface area (Å²) in [5.41, 5.74) is 10.8. The van der Waals surface area contributed by atoms with Crippen LogP contribution in [0.5, 0.6) is 0 Å². The average Bonchev–Trinajstić information content (AvgIpc) is 2.92. The van der Waals surface area contributed by atoms with Crippen LogP contribution in [-0.2, 0) is 10.0 Å². The van der Waals surface area contributed by atoms with Gasteiger partial charge in [-0.15, -0.1) is 0 Å². The van der Waals surface area contributed by atoms with Crippen molar-refractivity contribution in [2.75, 3.05) is 19.6 Å². The molecular formula is C16H26N2O2S. The predicted molar refractivity (Wildman–Crippen MR) is 86.0 cm³/mol. The monoisotopic (exact) mass is 310 g/mol. The van der Waals surface area contributed by atoms with Gasteiger partial charge in [0.15, 0.2) is 0 Å². The average molecular weight is 310 g/mol. The van der Waals surface area contributed by atoms with E-state index in [4.69, 9.17) is 5.73 Å². The maximum absolute atomic E-state index is 13.0. The summed E-state index contributed by atoms with van der Waals surface area (Å²) in [5.74, 6) is 0.285. The fourth-order valence-corrected chi connectivity index (χ4v) is 5.28. The number of benzene rings is 1. The van der Waals surface area contributed by atoms with Gasteiger partial charge in [-0.25, -0.2) is 8.42 Å². The molecule has 1 saturated heterocycles. The standard InChI is InChI=1S/C16H26N2O2S/c1-10-11(2)13(4)16(14(5)12(10)3)21(19,20)18-7-6-15(8-17)9-18/h15H,6-9,17H2,1-5H3. The molecule has 0 aliphatic carbocycles. The van der Waals surface area contributed by atoms with Gasteiger partial charge in [0.1, 0.15) is 0 Å². The summed E-state index contributed by atoms with van der Waals surface area (Å²) in [6.07, 6.45) is 0.859. The summed E-state index contributed by atoms with van der Waals surface area (Å²) >= 11 is 0. The first-order valence-electron chi connectivity index (χ1n) is 7.49. The molecule has 0 aromatic heterocycles. The van der Waals surface area contributed by atoms with Crippen molar-refractivity contribution in [2.45, 2.75) is 45.9 Å². The van der Waals surface area contributed by atoms with Crippen molar-refractivity contribution in [1.29, 1.82) is 0 Å². The molecule has 0 radical (unpaired) electrons. The van der Waals surface area contributed by atoms with E-state index in [1.54, 1.807) is 4.31 Å². The molecule has 118 valence electrons. The van der Waals surface area contributed by atoms with Crippen LogP contribution in [0.1, 0.15) is 34.2 Å². The van der Waals surface area contributed by atoms with E-state index in [-0.39, 0.29) is 5.92 Å². The fourth-order valence-electron chi connectivity index (χ4n) is 3.19. The normalized spacial score (nSPS) is 20.2. The van der Waals surface area contributed by atoms with E-state index in [9.17, 15) is 8.42 Å². The molecule has 1 aromatic rings. The Morgan fingerprint density at radius 2 is 1.48 bits per heavy atom. The smallest absolute Gasteiger partial charge is 0.243 e. The Balaban J connectivity index is 2.56. The first-order valence-corrected chi connectivity index (χ1v) is 8.93. The molecule has 4 nitrogen and oxygen atoms in total. The Bertz CT molecular complexity index is 636. The lowest BCUT2D eigenvalue weighted by atomic mass is 9.95. The van der Waals surface area contributed by atoms with Crippen molar-refractivity contribution in [1.82, 2.24) is 4.31 Å². The van der Waals surface area contributed by atoms with Crippen LogP contribution >= 0.6 is 0 Å². The van der Waals surface area contributed by atoms with E-state index >= 15 is 0 Å². The van der Waals surface area contributed by atoms with Crippen LogP contribution < -0.4 is 5.73 Å². The summed E-state index contributed by atoms with van der Waals surface area (Å²) < 4.78 is 27.7. The van der Waals surface area contributed by atoms with E-state index in [2.05, 4.69) is 6.92 Å². The van der Waals surface area contributed by atoms with Crippen LogP contribution in [0.25, 0.3) is 0 Å². The minimum absolute atomic E-state index is 0.285. The van der Waals surface area contributed by atoms with E-state index in [0.717, 1.165) is 28.7 Å². The van der Waals surface area contributed by atoms with Crippen molar-refractivity contribution < 1.29 is 8.42 Å². The maximum Gasteiger partial charge on any atom is 0.243 e. The molecule has 0 bridgehead atoms. The Hall–Kier alpha value is -0.910. The van der Waals surface area contributed by atoms with Crippen LogP contribution in [0.4, 0.5) is 0 Å². The van der Waals surface area contributed by atoms with Crippen LogP contribution in [0, 0.1) is 40.5 Å². The molecular weight excluding hydrogens is 284 g/mol. The molecule has 1 aliphatic rings. The first-order chi connectivity index (χ1) is 9.71. The lowest BCUT2D eigenvalue weighted by Crippen LogP contribution is -2.31. The second kappa shape index (κ2) is 5.71. The summed E-state index contributed by atoms with van der Waals surface area (Å²) in [7, 11) is -3.43. The van der Waals surface area contributed by atoms with Gasteiger partial charge < -0.3 is 5.73 Å². The molecule has 1 heterocycles. The molecule has 2 N–H and O–H groups in total. The fraction of sp³-hybridized carbons (Fsp3) is 0.625. The van der Waals surface area contributed by atoms with Gasteiger partial charge in [-0.1, -0.05) is 0 Å². The number of hydrogen-bond donors (Lipinski definition) is 1. The maximum atomic E-state index is 13.0. The van der Waals surface area contributed by atoms with Crippen molar-refractivity contribution in [2.24, 2.45) is 11.7 Å². The highest BCUT2D eigenvalue weighted by molar-refractivity contribution is 7.89. The van der Waals surface area contributed by atoms with Crippen molar-refractivity contribution in [3.05, 3.63) is 27.8 Å². The second-order valence-corrected chi connectivity index (χ2v) is 8.08. The van der Waals surface area contributed by atoms with E-state index in [0.29, 0.717) is 24.5 Å². The highest BCUT2D eigenvalue weighted by Gasteiger charge is 2.34. The van der Waals surface area contributed by atoms with Gasteiger partial charge in [0.25, 0.3) is 0 Å². The Labute approximate surface area is 128 Å². The third kappa shape index (κ3) is 2.62. The molecule has 0 amide bonds. The minimum atomic E-state index is -3.43. The Kier molecular flexibility index (Phi) is 4.47. The quantitative estimate of drug-likeness (QED) is 0.931. The highest BCUT2D eigenvalue weighted by Crippen LogP contribution is 2.33. The summed E-state index contributed by atoms with van der Waals surface area (Å²) in [6, 6.07) is 0. The zero-order valence-corrected chi connectivity index (χ0v) is 14.5. The Morgan fingerprint density at radius 1 is 1.00 bits per heavy atom. The van der Waals surface area contributed by atoms with Gasteiger partial charge in [0, 0.05) is 13.1 Å². The van der Waals surface area contributed by atoms with Crippen LogP contribution in [0.15, 0.2) is 4.90 Å². The van der Waals surface area contributed by atoms with Crippen LogP contribution in [0.2, 0.25) is 0 Å². The highest BCUT2D eigenvalue weighted by atomic mass is 32.2. The zero-order chi connectivity index (χ0) is 15.9. The van der Waals surface area contributed by atoms with Gasteiger partial charge in [-0.3, -0.25) is 0 Å². The second-order valence-electron chi connectivity index (χ2n) is 6.21. The van der Waals surface area contributed by atoms with Gasteiger partial charge in [-0.2, -0.15) is 4.31 Å². The number of sulfonamides is 1. The van der Waals surface area contributed by atoms with Crippen molar-refractivity contribution >= 4 is 10.0 Å². The van der Waals surface area contributed by atoms with Crippen molar-refractivity contribution in [3.8, 4) is 0 Å². The summed E-state index contributed by atoms with van der Waals surface area (Å²) in [5, 5.41) is 0. The summed E-state index contributed by atoms with van der Waals surface area (Å²) in [6.45, 7) is 11.6. The number of hydrogen-bond acceptors (Lipinski definition) is 3. The summed E-state index contributed by atoms with van der Waals surface area (Å²) in [4.78, 5) is 0.501. The first kappa shape index (κ1) is 16.5. The number of rotatable bonds is 3. The Morgan fingerprint density at radius 3 is 1.90 bits per heavy atom. The van der Waals surface area contributed by atoms with Crippen LogP contribution in [0.3, 0.4) is 0 Å². The molecule has 1 fully saturated rings.